The maximum Gasteiger partial charge on any atom is 0.337 e. The largest absolute Gasteiger partial charge is 0.493 e. The molecule has 0 aliphatic heterocycles. The zero-order chi connectivity index (χ0) is 27.2. The highest BCUT2D eigenvalue weighted by molar-refractivity contribution is 7.17. The summed E-state index contributed by atoms with van der Waals surface area (Å²) in [6.07, 6.45) is -0.177. The van der Waals surface area contributed by atoms with Gasteiger partial charge in [-0.15, -0.1) is 11.3 Å². The van der Waals surface area contributed by atoms with E-state index in [1.165, 1.54) is 37.7 Å². The number of aromatic nitrogens is 1. The van der Waals surface area contributed by atoms with Crippen LogP contribution in [-0.4, -0.2) is 42.7 Å². The van der Waals surface area contributed by atoms with E-state index in [4.69, 9.17) is 14.2 Å². The van der Waals surface area contributed by atoms with Crippen LogP contribution in [0.5, 0.6) is 11.5 Å². The predicted octanol–water partition coefficient (Wildman–Crippen LogP) is 6.38. The fourth-order valence-corrected chi connectivity index (χ4v) is 5.02. The minimum absolute atomic E-state index is 0.0333. The van der Waals surface area contributed by atoms with E-state index in [2.05, 4.69) is 4.98 Å². The molecule has 0 amide bonds. The Kier molecular flexibility index (Phi) is 8.70. The number of nitrogens with zero attached hydrogens (tertiary/aromatic N) is 1. The molecule has 2 aromatic heterocycles. The van der Waals surface area contributed by atoms with E-state index in [1.54, 1.807) is 41.8 Å². The van der Waals surface area contributed by atoms with Gasteiger partial charge in [-0.3, -0.25) is 4.79 Å². The molecule has 2 aromatic carbocycles. The molecule has 1 N–H and O–H groups in total. The Labute approximate surface area is 223 Å². The summed E-state index contributed by atoms with van der Waals surface area (Å²) in [4.78, 5) is 29.8. The van der Waals surface area contributed by atoms with Crippen LogP contribution in [0.2, 0.25) is 0 Å². The molecule has 9 heteroatoms. The van der Waals surface area contributed by atoms with Gasteiger partial charge in [0.05, 0.1) is 48.6 Å². The molecule has 4 aromatic rings. The molecule has 0 fully saturated rings. The normalized spacial score (nSPS) is 11.8. The molecule has 198 valence electrons. The predicted molar refractivity (Wildman–Crippen MR) is 144 cm³/mol. The van der Waals surface area contributed by atoms with E-state index in [1.807, 2.05) is 6.92 Å². The van der Waals surface area contributed by atoms with E-state index in [-0.39, 0.29) is 35.7 Å². The average Bonchev–Trinajstić information content (AvgIpc) is 3.39. The van der Waals surface area contributed by atoms with Crippen molar-refractivity contribution in [2.45, 2.75) is 32.3 Å². The number of methoxy groups -OCH3 is 2. The van der Waals surface area contributed by atoms with Crippen molar-refractivity contribution < 1.29 is 33.3 Å². The molecule has 1 atom stereocenters. The summed E-state index contributed by atoms with van der Waals surface area (Å²) in [7, 11) is 2.77. The zero-order valence-electron chi connectivity index (χ0n) is 21.3. The number of carbonyl (C=O) groups is 2. The third-order valence-corrected chi connectivity index (χ3v) is 7.03. The second-order valence-electron chi connectivity index (χ2n) is 8.62. The number of fused-ring (bicyclic) bond motifs is 1. The molecular weight excluding hydrogens is 509 g/mol. The van der Waals surface area contributed by atoms with Crippen LogP contribution in [0.15, 0.2) is 53.9 Å². The number of hydrogen-bond acceptors (Lipinski definition) is 8. The van der Waals surface area contributed by atoms with Crippen molar-refractivity contribution in [1.29, 1.82) is 0 Å². The van der Waals surface area contributed by atoms with E-state index in [0.717, 1.165) is 6.42 Å². The van der Waals surface area contributed by atoms with Crippen molar-refractivity contribution in [2.24, 2.45) is 0 Å². The number of hydrogen-bond donors (Lipinski definition) is 1. The lowest BCUT2D eigenvalue weighted by Gasteiger charge is -2.14. The number of ether oxygens (including phenoxy) is 3. The summed E-state index contributed by atoms with van der Waals surface area (Å²) >= 11 is 1.23. The van der Waals surface area contributed by atoms with E-state index in [0.29, 0.717) is 45.0 Å². The minimum Gasteiger partial charge on any atom is -0.493 e. The Morgan fingerprint density at radius 2 is 1.89 bits per heavy atom. The van der Waals surface area contributed by atoms with Crippen molar-refractivity contribution in [3.05, 3.63) is 76.5 Å². The van der Waals surface area contributed by atoms with Crippen LogP contribution in [0.1, 0.15) is 58.7 Å². The highest BCUT2D eigenvalue weighted by atomic mass is 32.1. The van der Waals surface area contributed by atoms with Gasteiger partial charge in [0.25, 0.3) is 0 Å². The van der Waals surface area contributed by atoms with Gasteiger partial charge in [-0.05, 0) is 49.2 Å². The van der Waals surface area contributed by atoms with Gasteiger partial charge in [-0.2, -0.15) is 0 Å². The second-order valence-corrected chi connectivity index (χ2v) is 9.49. The van der Waals surface area contributed by atoms with Gasteiger partial charge in [0, 0.05) is 28.3 Å². The lowest BCUT2D eigenvalue weighted by Crippen LogP contribution is -2.09. The monoisotopic (exact) mass is 537 g/mol. The maximum atomic E-state index is 14.3. The molecule has 2 heterocycles. The Hall–Kier alpha value is -3.82. The number of ketones is 1. The number of halogens is 1. The van der Waals surface area contributed by atoms with E-state index < -0.39 is 12.1 Å². The quantitative estimate of drug-likeness (QED) is 0.175. The second kappa shape index (κ2) is 12.1. The first-order chi connectivity index (χ1) is 18.4. The zero-order valence-corrected chi connectivity index (χ0v) is 22.1. The Morgan fingerprint density at radius 3 is 2.63 bits per heavy atom. The van der Waals surface area contributed by atoms with Crippen LogP contribution < -0.4 is 9.47 Å². The van der Waals surface area contributed by atoms with Crippen LogP contribution >= 0.6 is 11.3 Å². The van der Waals surface area contributed by atoms with Crippen LogP contribution in [-0.2, 0) is 4.74 Å². The first-order valence-electron chi connectivity index (χ1n) is 12.1. The average molecular weight is 538 g/mol. The molecule has 0 radical (unpaired) electrons. The molecule has 0 aliphatic carbocycles. The smallest absolute Gasteiger partial charge is 0.337 e. The first kappa shape index (κ1) is 27.2. The highest BCUT2D eigenvalue weighted by Crippen LogP contribution is 2.36. The first-order valence-corrected chi connectivity index (χ1v) is 13.0. The van der Waals surface area contributed by atoms with Crippen LogP contribution in [0.3, 0.4) is 0 Å². The third-order valence-electron chi connectivity index (χ3n) is 6.03. The molecule has 4 rings (SSSR count). The number of benzene rings is 2. The number of aliphatic hydroxyl groups is 1. The summed E-state index contributed by atoms with van der Waals surface area (Å²) in [5.41, 5.74) is 1.88. The van der Waals surface area contributed by atoms with E-state index >= 15 is 0 Å². The van der Waals surface area contributed by atoms with Crippen LogP contribution in [0.4, 0.5) is 4.39 Å². The van der Waals surface area contributed by atoms with Crippen molar-refractivity contribution in [2.75, 3.05) is 20.8 Å². The summed E-state index contributed by atoms with van der Waals surface area (Å²) in [6, 6.07) is 12.7. The molecule has 7 nitrogen and oxygen atoms in total. The van der Waals surface area contributed by atoms with Gasteiger partial charge in [-0.25, -0.2) is 14.2 Å². The van der Waals surface area contributed by atoms with Gasteiger partial charge in [0.1, 0.15) is 5.82 Å². The molecule has 0 bridgehead atoms. The number of rotatable bonds is 11. The van der Waals surface area contributed by atoms with Gasteiger partial charge < -0.3 is 19.3 Å². The minimum atomic E-state index is -1.13. The fourth-order valence-electron chi connectivity index (χ4n) is 4.05. The van der Waals surface area contributed by atoms with E-state index in [9.17, 15) is 19.1 Å². The fraction of sp³-hybridized carbons (Fsp3) is 0.276. The summed E-state index contributed by atoms with van der Waals surface area (Å²) in [5.74, 6) is -0.109. The Balaban J connectivity index is 1.57. The van der Waals surface area contributed by atoms with Crippen LogP contribution in [0, 0.1) is 5.82 Å². The summed E-state index contributed by atoms with van der Waals surface area (Å²) < 4.78 is 30.6. The maximum absolute atomic E-state index is 14.3. The lowest BCUT2D eigenvalue weighted by molar-refractivity contribution is 0.0599. The SMILES string of the molecule is CCCOc1ccc(C(=O)CCC(O)c2cc(C(=O)OC)cc(-c3csc4c(F)cccc34)n2)cc1OC. The van der Waals surface area contributed by atoms with Crippen molar-refractivity contribution in [3.8, 4) is 22.8 Å². The topological polar surface area (TPSA) is 95.0 Å². The van der Waals surface area contributed by atoms with Gasteiger partial charge in [0.2, 0.25) is 0 Å². The summed E-state index contributed by atoms with van der Waals surface area (Å²) in [6.45, 7) is 2.53. The Bertz CT molecular complexity index is 1470. The standard InChI is InChI=1S/C29H28FNO6S/c1-4-12-37-26-11-8-17(15-27(26)35-2)24(32)9-10-25(33)23-14-18(29(34)36-3)13-22(31-23)20-16-38-28-19(20)6-5-7-21(28)30/h5-8,11,13-16,25,33H,4,9-10,12H2,1-3H3. The highest BCUT2D eigenvalue weighted by Gasteiger charge is 2.20. The number of aliphatic hydroxyl groups excluding tert-OH is 1. The lowest BCUT2D eigenvalue weighted by atomic mass is 10.0. The third kappa shape index (κ3) is 5.84. The number of esters is 1. The van der Waals surface area contributed by atoms with Gasteiger partial charge in [-0.1, -0.05) is 19.1 Å². The molecule has 0 spiro atoms. The van der Waals surface area contributed by atoms with Crippen molar-refractivity contribution >= 4 is 33.2 Å². The molecule has 0 saturated carbocycles. The molecule has 0 saturated heterocycles. The molecule has 1 unspecified atom stereocenters. The Morgan fingerprint density at radius 1 is 1.08 bits per heavy atom. The number of Topliss-reactive ketones (excluding diaryl/α,β-unsaturated/α-hetero) is 1. The van der Waals surface area contributed by atoms with Crippen molar-refractivity contribution in [3.63, 3.8) is 0 Å². The van der Waals surface area contributed by atoms with Gasteiger partial charge >= 0.3 is 5.97 Å². The van der Waals surface area contributed by atoms with Crippen LogP contribution in [0.25, 0.3) is 21.3 Å². The number of pyridine rings is 1. The molecular formula is C29H28FNO6S. The van der Waals surface area contributed by atoms with Crippen molar-refractivity contribution in [1.82, 2.24) is 4.98 Å². The van der Waals surface area contributed by atoms with Gasteiger partial charge in [0.15, 0.2) is 17.3 Å². The number of thiophene rings is 1. The number of carbonyl (C=O) groups excluding carboxylic acids is 2. The molecule has 0 aliphatic rings. The molecule has 38 heavy (non-hydrogen) atoms. The summed E-state index contributed by atoms with van der Waals surface area (Å²) in [5, 5.41) is 13.4.